The van der Waals surface area contributed by atoms with Gasteiger partial charge in [0, 0.05) is 31.5 Å². The summed E-state index contributed by atoms with van der Waals surface area (Å²) in [7, 11) is 0. The molecule has 0 bridgehead atoms. The first-order valence-corrected chi connectivity index (χ1v) is 8.68. The Morgan fingerprint density at radius 1 is 1.08 bits per heavy atom. The molecule has 0 saturated heterocycles. The van der Waals surface area contributed by atoms with Gasteiger partial charge in [-0.3, -0.25) is 9.59 Å². The van der Waals surface area contributed by atoms with Gasteiger partial charge in [0.25, 0.3) is 0 Å². The molecular weight excluding hydrogens is 336 g/mol. The second-order valence-corrected chi connectivity index (χ2v) is 6.39. The van der Waals surface area contributed by atoms with Crippen LogP contribution in [0.5, 0.6) is 0 Å². The van der Waals surface area contributed by atoms with Crippen LogP contribution in [-0.2, 0) is 16.1 Å². The van der Waals surface area contributed by atoms with Crippen molar-refractivity contribution >= 4 is 23.4 Å². The number of hydrogen-bond acceptors (Lipinski definition) is 2. The fraction of sp³-hybridized carbons (Fsp3) is 0.300. The van der Waals surface area contributed by atoms with Crippen molar-refractivity contribution in [2.45, 2.75) is 32.9 Å². The average Bonchev–Trinajstić information content (AvgIpc) is 2.61. The van der Waals surface area contributed by atoms with Gasteiger partial charge in [0.1, 0.15) is 0 Å². The van der Waals surface area contributed by atoms with Gasteiger partial charge >= 0.3 is 0 Å². The van der Waals surface area contributed by atoms with Gasteiger partial charge in [0.05, 0.1) is 6.04 Å². The van der Waals surface area contributed by atoms with E-state index in [4.69, 9.17) is 11.6 Å². The number of hydrogen-bond donors (Lipinski definition) is 1. The zero-order chi connectivity index (χ0) is 18.2. The first-order chi connectivity index (χ1) is 12.0. The van der Waals surface area contributed by atoms with Crippen molar-refractivity contribution in [1.29, 1.82) is 0 Å². The first kappa shape index (κ1) is 19.0. The van der Waals surface area contributed by atoms with Crippen LogP contribution in [0.25, 0.3) is 0 Å². The van der Waals surface area contributed by atoms with E-state index in [0.29, 0.717) is 18.1 Å². The van der Waals surface area contributed by atoms with E-state index < -0.39 is 0 Å². The molecule has 1 unspecified atom stereocenters. The van der Waals surface area contributed by atoms with Crippen LogP contribution in [0.15, 0.2) is 54.6 Å². The lowest BCUT2D eigenvalue weighted by Crippen LogP contribution is -2.35. The summed E-state index contributed by atoms with van der Waals surface area (Å²) in [5, 5.41) is 3.54. The average molecular weight is 359 g/mol. The number of nitrogens with zero attached hydrogens (tertiary/aromatic N) is 1. The Bertz CT molecular complexity index is 701. The van der Waals surface area contributed by atoms with Crippen molar-refractivity contribution in [1.82, 2.24) is 10.2 Å². The molecule has 0 aliphatic rings. The molecule has 132 valence electrons. The van der Waals surface area contributed by atoms with E-state index in [-0.39, 0.29) is 24.3 Å². The monoisotopic (exact) mass is 358 g/mol. The van der Waals surface area contributed by atoms with Gasteiger partial charge in [-0.15, -0.1) is 0 Å². The third-order valence-corrected chi connectivity index (χ3v) is 4.39. The van der Waals surface area contributed by atoms with Crippen molar-refractivity contribution in [2.24, 2.45) is 0 Å². The molecule has 1 atom stereocenters. The van der Waals surface area contributed by atoms with E-state index in [0.717, 1.165) is 11.1 Å². The molecule has 0 aliphatic heterocycles. The molecule has 0 heterocycles. The molecule has 0 fully saturated rings. The van der Waals surface area contributed by atoms with E-state index in [9.17, 15) is 9.59 Å². The predicted octanol–water partition coefficient (Wildman–Crippen LogP) is 3.96. The van der Waals surface area contributed by atoms with Crippen LogP contribution in [0.4, 0.5) is 0 Å². The highest BCUT2D eigenvalue weighted by molar-refractivity contribution is 6.30. The highest BCUT2D eigenvalue weighted by Gasteiger charge is 2.19. The van der Waals surface area contributed by atoms with Gasteiger partial charge in [-0.1, -0.05) is 54.1 Å². The summed E-state index contributed by atoms with van der Waals surface area (Å²) >= 11 is 5.84. The topological polar surface area (TPSA) is 49.4 Å². The van der Waals surface area contributed by atoms with Crippen molar-refractivity contribution in [3.8, 4) is 0 Å². The van der Waals surface area contributed by atoms with Gasteiger partial charge in [-0.2, -0.15) is 0 Å². The van der Waals surface area contributed by atoms with Gasteiger partial charge in [0.15, 0.2) is 0 Å². The Kier molecular flexibility index (Phi) is 7.02. The van der Waals surface area contributed by atoms with Crippen LogP contribution in [0.3, 0.4) is 0 Å². The summed E-state index contributed by atoms with van der Waals surface area (Å²) in [5.41, 5.74) is 2.04. The number of nitrogens with one attached hydrogen (secondary N) is 1. The van der Waals surface area contributed by atoms with Gasteiger partial charge in [-0.05, 0) is 30.2 Å². The van der Waals surface area contributed by atoms with E-state index >= 15 is 0 Å². The van der Waals surface area contributed by atoms with E-state index in [1.54, 1.807) is 17.0 Å². The minimum Gasteiger partial charge on any atom is -0.352 e. The number of amides is 2. The SMILES string of the molecule is CC(=O)N(CCC(=O)NCc1ccc(Cl)cc1)C(C)c1ccccc1. The normalized spacial score (nSPS) is 11.6. The molecule has 0 radical (unpaired) electrons. The zero-order valence-corrected chi connectivity index (χ0v) is 15.3. The van der Waals surface area contributed by atoms with Crippen LogP contribution >= 0.6 is 11.6 Å². The minimum atomic E-state index is -0.0820. The van der Waals surface area contributed by atoms with Gasteiger partial charge in [0.2, 0.25) is 11.8 Å². The first-order valence-electron chi connectivity index (χ1n) is 8.30. The molecule has 2 amide bonds. The smallest absolute Gasteiger partial charge is 0.222 e. The molecular formula is C20H23ClN2O2. The van der Waals surface area contributed by atoms with E-state index in [1.807, 2.05) is 49.4 Å². The Hall–Kier alpha value is -2.33. The zero-order valence-electron chi connectivity index (χ0n) is 14.5. The molecule has 0 spiro atoms. The maximum absolute atomic E-state index is 12.1. The molecule has 2 aromatic carbocycles. The maximum Gasteiger partial charge on any atom is 0.222 e. The molecule has 2 rings (SSSR count). The molecule has 4 nitrogen and oxygen atoms in total. The summed E-state index contributed by atoms with van der Waals surface area (Å²) in [6, 6.07) is 17.1. The van der Waals surface area contributed by atoms with Gasteiger partial charge in [-0.25, -0.2) is 0 Å². The van der Waals surface area contributed by atoms with Crippen molar-refractivity contribution < 1.29 is 9.59 Å². The Labute approximate surface area is 153 Å². The van der Waals surface area contributed by atoms with Crippen LogP contribution in [-0.4, -0.2) is 23.3 Å². The van der Waals surface area contributed by atoms with Crippen molar-refractivity contribution in [3.63, 3.8) is 0 Å². The van der Waals surface area contributed by atoms with Crippen molar-refractivity contribution in [2.75, 3.05) is 6.54 Å². The molecule has 5 heteroatoms. The molecule has 0 aliphatic carbocycles. The second kappa shape index (κ2) is 9.23. The number of carbonyl (C=O) groups excluding carboxylic acids is 2. The molecule has 2 aromatic rings. The van der Waals surface area contributed by atoms with Crippen molar-refractivity contribution in [3.05, 3.63) is 70.7 Å². The van der Waals surface area contributed by atoms with E-state index in [1.165, 1.54) is 6.92 Å². The number of rotatable bonds is 7. The molecule has 25 heavy (non-hydrogen) atoms. The fourth-order valence-electron chi connectivity index (χ4n) is 2.65. The third kappa shape index (κ3) is 5.91. The summed E-state index contributed by atoms with van der Waals surface area (Å²) in [6.45, 7) is 4.34. The van der Waals surface area contributed by atoms with Gasteiger partial charge < -0.3 is 10.2 Å². The minimum absolute atomic E-state index is 0.0399. The second-order valence-electron chi connectivity index (χ2n) is 5.95. The van der Waals surface area contributed by atoms with Crippen LogP contribution in [0.2, 0.25) is 5.02 Å². The highest BCUT2D eigenvalue weighted by Crippen LogP contribution is 2.20. The lowest BCUT2D eigenvalue weighted by atomic mass is 10.1. The summed E-state index contributed by atoms with van der Waals surface area (Å²) < 4.78 is 0. The highest BCUT2D eigenvalue weighted by atomic mass is 35.5. The molecule has 0 aromatic heterocycles. The lowest BCUT2D eigenvalue weighted by Gasteiger charge is -2.28. The van der Waals surface area contributed by atoms with E-state index in [2.05, 4.69) is 5.32 Å². The summed E-state index contributed by atoms with van der Waals surface area (Å²) in [6.07, 6.45) is 0.268. The van der Waals surface area contributed by atoms with Crippen LogP contribution in [0, 0.1) is 0 Å². The van der Waals surface area contributed by atoms with Crippen LogP contribution in [0.1, 0.15) is 37.4 Å². The summed E-state index contributed by atoms with van der Waals surface area (Å²) in [5.74, 6) is -0.122. The molecule has 0 saturated carbocycles. The quantitative estimate of drug-likeness (QED) is 0.814. The number of benzene rings is 2. The maximum atomic E-state index is 12.1. The third-order valence-electron chi connectivity index (χ3n) is 4.14. The van der Waals surface area contributed by atoms with Crippen LogP contribution < -0.4 is 5.32 Å². The molecule has 1 N–H and O–H groups in total. The lowest BCUT2D eigenvalue weighted by molar-refractivity contribution is -0.131. The largest absolute Gasteiger partial charge is 0.352 e. The Balaban J connectivity index is 1.86. The predicted molar refractivity (Wildman–Crippen MR) is 100 cm³/mol. The number of halogens is 1. The fourth-order valence-corrected chi connectivity index (χ4v) is 2.77. The number of carbonyl (C=O) groups is 2. The Morgan fingerprint density at radius 3 is 2.32 bits per heavy atom. The Morgan fingerprint density at radius 2 is 1.72 bits per heavy atom. The summed E-state index contributed by atoms with van der Waals surface area (Å²) in [4.78, 5) is 25.8. The standard InChI is InChI=1S/C20H23ClN2O2/c1-15(18-6-4-3-5-7-18)23(16(2)24)13-12-20(25)22-14-17-8-10-19(21)11-9-17/h3-11,15H,12-14H2,1-2H3,(H,22,25).